The molecule has 3 aromatic heterocycles. The fraction of sp³-hybridized carbons (Fsp3) is 0.433. The minimum atomic E-state index is -1.54. The largest absolute Gasteiger partial charge is 0.508 e. The van der Waals surface area contributed by atoms with E-state index in [-0.39, 0.29) is 127 Å². The number of aromatic nitrogens is 4. The Labute approximate surface area is 569 Å². The Morgan fingerprint density at radius 3 is 1.86 bits per heavy atom. The van der Waals surface area contributed by atoms with Gasteiger partial charge >= 0.3 is 0 Å². The molecule has 0 radical (unpaired) electrons. The third kappa shape index (κ3) is 22.1. The molecule has 32 nitrogen and oxygen atoms in total. The highest BCUT2D eigenvalue weighted by Crippen LogP contribution is 2.23. The molecule has 9 atom stereocenters. The molecule has 5 heterocycles. The second-order valence-corrected chi connectivity index (χ2v) is 25.1. The van der Waals surface area contributed by atoms with E-state index < -0.39 is 126 Å². The highest BCUT2D eigenvalue weighted by molar-refractivity contribution is 6.00. The number of nitrogens with two attached hydrogens (primary N) is 3. The summed E-state index contributed by atoms with van der Waals surface area (Å²) in [6.07, 6.45) is 5.14. The van der Waals surface area contributed by atoms with Crippen LogP contribution in [-0.4, -0.2) is 176 Å². The van der Waals surface area contributed by atoms with E-state index in [9.17, 15) is 43.5 Å². The monoisotopic (exact) mass is 1370 g/mol. The summed E-state index contributed by atoms with van der Waals surface area (Å²) in [7, 11) is 0. The van der Waals surface area contributed by atoms with Crippen LogP contribution < -0.4 is 75.7 Å². The van der Waals surface area contributed by atoms with Gasteiger partial charge in [-0.25, -0.2) is 4.98 Å². The van der Waals surface area contributed by atoms with Gasteiger partial charge in [0.05, 0.1) is 12.9 Å². The topological polar surface area (TPSA) is 508 Å². The number of hydrogen-bond donors (Lipinski definition) is 18. The summed E-state index contributed by atoms with van der Waals surface area (Å²) >= 11 is 0. The van der Waals surface area contributed by atoms with Crippen LogP contribution in [0.15, 0.2) is 103 Å². The van der Waals surface area contributed by atoms with E-state index in [1.165, 1.54) is 36.8 Å². The average molecular weight is 1370 g/mol. The van der Waals surface area contributed by atoms with Crippen molar-refractivity contribution in [2.75, 3.05) is 19.6 Å². The zero-order valence-corrected chi connectivity index (χ0v) is 55.0. The van der Waals surface area contributed by atoms with Crippen molar-refractivity contribution in [2.24, 2.45) is 28.1 Å². The van der Waals surface area contributed by atoms with Crippen LogP contribution in [0.3, 0.4) is 0 Å². The molecule has 8 rings (SSSR count). The van der Waals surface area contributed by atoms with Crippen LogP contribution in [-0.2, 0) is 83.2 Å². The molecule has 2 aliphatic rings. The summed E-state index contributed by atoms with van der Waals surface area (Å²) < 4.78 is 0. The molecule has 2 fully saturated rings. The third-order valence-corrected chi connectivity index (χ3v) is 16.9. The lowest BCUT2D eigenvalue weighted by atomic mass is 9.99. The SMILES string of the molecule is CC(C)C[C@@H]1NC(=O)[C@@H](Cc2c[nH]c3ccccc23)NC(=O)[C@H](Cc2ccc(O)cc2)NC(=O)[C@@H](NC(=O)[C@H](Cc2c[nH]c3ccccc23)NC(=O)[C@H](Cc2cnc[nH]2)NC(=O)[C@@H]2CCC(=O)N2)CCCCNC(=O)CC[C@@H](C(=O)NCC(N)=O)NC(=O)[C@H](CCCN=C(N)N)NC1=O. The number of imidazole rings is 1. The van der Waals surface area contributed by atoms with Crippen LogP contribution in [0.4, 0.5) is 0 Å². The Morgan fingerprint density at radius 2 is 1.21 bits per heavy atom. The molecular weight excluding hydrogens is 1280 g/mol. The number of nitrogens with one attached hydrogen (secondary N) is 14. The molecule has 99 heavy (non-hydrogen) atoms. The first-order valence-electron chi connectivity index (χ1n) is 32.9. The van der Waals surface area contributed by atoms with Crippen molar-refractivity contribution in [3.8, 4) is 5.75 Å². The van der Waals surface area contributed by atoms with E-state index in [0.717, 1.165) is 0 Å². The number of para-hydroxylation sites is 2. The zero-order chi connectivity index (χ0) is 71.1. The van der Waals surface area contributed by atoms with Gasteiger partial charge in [-0.05, 0) is 98.2 Å². The second-order valence-electron chi connectivity index (χ2n) is 25.1. The Balaban J connectivity index is 1.16. The molecule has 12 amide bonds. The molecule has 2 aliphatic heterocycles. The minimum absolute atomic E-state index is 0.0104. The van der Waals surface area contributed by atoms with E-state index in [1.807, 2.05) is 30.3 Å². The number of rotatable bonds is 23. The maximum atomic E-state index is 15.3. The number of amides is 12. The summed E-state index contributed by atoms with van der Waals surface area (Å²) in [6, 6.07) is 7.66. The standard InChI is InChI=1S/C67H87N19O13/c1-36(2)26-50-62(95)80-47(15-9-25-73-67(69)70)59(92)81-48(58(91)76-34-55(68)88)20-22-56(89)72-24-8-7-14-46(60(93)83-51(27-37-16-18-41(87)19-17-37)63(96)84-53(65(98)82-50)29-39-32-75-45-13-6-4-11-43(39)45)79-64(97)52(28-38-31-74-44-12-5-3-10-42(38)44)85-66(99)54(30-40-33-71-35-77-40)86-61(94)49-21-23-57(90)78-49/h3-6,10-13,16-19,31-33,35-36,46-54,74-75,87H,7-9,14-15,20-30,34H2,1-2H3,(H2,68,88)(H,71,77)(H,72,89)(H,76,91)(H,78,90)(H,79,97)(H,80,95)(H,81,92)(H,82,98)(H,83,93)(H,84,96)(H,85,99)(H,86,94)(H4,69,70,73)/t46-,47-,48-,49-,50-,51-,52-,53+,54-/m0/s1. The first-order valence-corrected chi connectivity index (χ1v) is 32.9. The van der Waals surface area contributed by atoms with Gasteiger partial charge in [0.25, 0.3) is 0 Å². The fourth-order valence-electron chi connectivity index (χ4n) is 11.7. The highest BCUT2D eigenvalue weighted by atomic mass is 16.3. The van der Waals surface area contributed by atoms with E-state index in [1.54, 1.807) is 44.4 Å². The molecule has 6 aromatic rings. The third-order valence-electron chi connectivity index (χ3n) is 16.9. The normalized spacial score (nSPS) is 20.8. The lowest BCUT2D eigenvalue weighted by Crippen LogP contribution is -2.61. The maximum Gasteiger partial charge on any atom is 0.243 e. The molecule has 21 N–H and O–H groups in total. The second kappa shape index (κ2) is 35.6. The van der Waals surface area contributed by atoms with Gasteiger partial charge in [0, 0.05) is 97.7 Å². The number of aromatic amines is 3. The first kappa shape index (κ1) is 73.5. The number of nitrogens with zero attached hydrogens (tertiary/aromatic N) is 2. The van der Waals surface area contributed by atoms with Crippen molar-refractivity contribution in [1.29, 1.82) is 0 Å². The number of phenolic OH excluding ortho intramolecular Hbond substituents is 1. The first-order chi connectivity index (χ1) is 47.5. The summed E-state index contributed by atoms with van der Waals surface area (Å²) in [6.45, 7) is 2.95. The Kier molecular flexibility index (Phi) is 26.4. The number of phenols is 1. The van der Waals surface area contributed by atoms with Gasteiger partial charge in [-0.1, -0.05) is 62.4 Å². The van der Waals surface area contributed by atoms with Gasteiger partial charge in [0.1, 0.15) is 60.1 Å². The molecule has 3 aromatic carbocycles. The van der Waals surface area contributed by atoms with Crippen molar-refractivity contribution < 1.29 is 62.6 Å². The Morgan fingerprint density at radius 1 is 0.616 bits per heavy atom. The number of H-pyrrole nitrogens is 3. The van der Waals surface area contributed by atoms with Crippen LogP contribution in [0.1, 0.15) is 100 Å². The molecule has 0 aliphatic carbocycles. The number of hydrogen-bond acceptors (Lipinski definition) is 15. The number of guanidine groups is 1. The highest BCUT2D eigenvalue weighted by Gasteiger charge is 2.38. The molecule has 0 spiro atoms. The van der Waals surface area contributed by atoms with E-state index in [0.29, 0.717) is 44.2 Å². The van der Waals surface area contributed by atoms with Gasteiger partial charge in [-0.2, -0.15) is 0 Å². The Bertz CT molecular complexity index is 3880. The van der Waals surface area contributed by atoms with Crippen molar-refractivity contribution in [2.45, 2.75) is 158 Å². The van der Waals surface area contributed by atoms with Gasteiger partial charge in [-0.3, -0.25) is 62.5 Å². The number of carbonyl (C=O) groups excluding carboxylic acids is 12. The van der Waals surface area contributed by atoms with Crippen LogP contribution in [0.2, 0.25) is 0 Å². The Hall–Kier alpha value is -11.3. The lowest BCUT2D eigenvalue weighted by molar-refractivity contribution is -0.136. The summed E-state index contributed by atoms with van der Waals surface area (Å²) in [5.41, 5.74) is 19.9. The van der Waals surface area contributed by atoms with Crippen molar-refractivity contribution >= 4 is 98.7 Å². The fourth-order valence-corrected chi connectivity index (χ4v) is 11.7. The number of benzene rings is 3. The lowest BCUT2D eigenvalue weighted by Gasteiger charge is -2.29. The van der Waals surface area contributed by atoms with Crippen LogP contribution in [0, 0.1) is 5.92 Å². The van der Waals surface area contributed by atoms with Crippen LogP contribution in [0.25, 0.3) is 21.8 Å². The van der Waals surface area contributed by atoms with Crippen LogP contribution in [0.5, 0.6) is 5.75 Å². The summed E-state index contributed by atoms with van der Waals surface area (Å²) in [5, 5.41) is 41.6. The molecule has 0 bridgehead atoms. The van der Waals surface area contributed by atoms with E-state index in [2.05, 4.69) is 83.4 Å². The van der Waals surface area contributed by atoms with Crippen LogP contribution >= 0.6 is 0 Å². The molecule has 0 unspecified atom stereocenters. The maximum absolute atomic E-state index is 15.3. The van der Waals surface area contributed by atoms with Gasteiger partial charge in [0.15, 0.2) is 5.96 Å². The molecule has 528 valence electrons. The molecule has 32 heteroatoms. The molecule has 2 saturated heterocycles. The predicted octanol–water partition coefficient (Wildman–Crippen LogP) is -1.71. The quantitative estimate of drug-likeness (QED) is 0.0193. The number of aliphatic imine (C=N–C) groups is 1. The molecule has 0 saturated carbocycles. The number of aromatic hydroxyl groups is 1. The molecular formula is C67H87N19O13. The number of fused-ring (bicyclic) bond motifs is 2. The average Bonchev–Trinajstić information content (AvgIpc) is 1.73. The predicted molar refractivity (Wildman–Crippen MR) is 362 cm³/mol. The smallest absolute Gasteiger partial charge is 0.243 e. The summed E-state index contributed by atoms with van der Waals surface area (Å²) in [4.78, 5) is 187. The van der Waals surface area contributed by atoms with E-state index >= 15 is 19.2 Å². The van der Waals surface area contributed by atoms with Crippen molar-refractivity contribution in [3.05, 3.63) is 120 Å². The van der Waals surface area contributed by atoms with Crippen molar-refractivity contribution in [3.63, 3.8) is 0 Å². The summed E-state index contributed by atoms with van der Waals surface area (Å²) in [5.74, 6) is -10.1. The zero-order valence-electron chi connectivity index (χ0n) is 55.0. The van der Waals surface area contributed by atoms with Gasteiger partial charge in [-0.15, -0.1) is 0 Å². The van der Waals surface area contributed by atoms with E-state index in [4.69, 9.17) is 17.2 Å². The van der Waals surface area contributed by atoms with Crippen molar-refractivity contribution in [1.82, 2.24) is 78.4 Å². The van der Waals surface area contributed by atoms with Gasteiger partial charge < -0.3 is 95.7 Å². The number of primary amides is 1. The minimum Gasteiger partial charge on any atom is -0.508 e. The van der Waals surface area contributed by atoms with Gasteiger partial charge in [0.2, 0.25) is 70.9 Å². The number of carbonyl (C=O) groups is 12.